The highest BCUT2D eigenvalue weighted by molar-refractivity contribution is 6.15. The summed E-state index contributed by atoms with van der Waals surface area (Å²) in [5, 5.41) is 0. The Hall–Kier alpha value is -0.920. The lowest BCUT2D eigenvalue weighted by Crippen LogP contribution is -2.49. The summed E-state index contributed by atoms with van der Waals surface area (Å²) in [4.78, 5) is 23.2. The minimum Gasteiger partial charge on any atom is -0.298 e. The molecule has 0 aromatic rings. The fraction of sp³-hybridized carbons (Fsp3) is 0.714. The largest absolute Gasteiger partial charge is 0.298 e. The third kappa shape index (κ3) is 1.47. The van der Waals surface area contributed by atoms with Crippen molar-refractivity contribution in [1.82, 2.24) is 0 Å². The molecule has 2 aliphatic rings. The van der Waals surface area contributed by atoms with Gasteiger partial charge in [-0.3, -0.25) is 9.59 Å². The van der Waals surface area contributed by atoms with E-state index in [0.717, 1.165) is 25.5 Å². The summed E-state index contributed by atoms with van der Waals surface area (Å²) < 4.78 is 0. The Morgan fingerprint density at radius 3 is 2.62 bits per heavy atom. The number of hydrogen-bond donors (Lipinski definition) is 0. The van der Waals surface area contributed by atoms with Crippen molar-refractivity contribution in [2.24, 2.45) is 16.7 Å². The van der Waals surface area contributed by atoms with Crippen LogP contribution in [0.15, 0.2) is 11.6 Å². The summed E-state index contributed by atoms with van der Waals surface area (Å²) in [6, 6.07) is 0. The van der Waals surface area contributed by atoms with Gasteiger partial charge in [-0.1, -0.05) is 33.3 Å². The van der Waals surface area contributed by atoms with Crippen LogP contribution < -0.4 is 0 Å². The van der Waals surface area contributed by atoms with Crippen LogP contribution in [0.3, 0.4) is 0 Å². The predicted molar refractivity (Wildman–Crippen MR) is 63.0 cm³/mol. The zero-order valence-corrected chi connectivity index (χ0v) is 10.4. The van der Waals surface area contributed by atoms with Gasteiger partial charge in [0.05, 0.1) is 5.57 Å². The summed E-state index contributed by atoms with van der Waals surface area (Å²) in [6.45, 7) is 6.56. The molecule has 2 aliphatic carbocycles. The number of rotatable bonds is 1. The molecule has 2 heteroatoms. The zero-order valence-electron chi connectivity index (χ0n) is 10.4. The Balaban J connectivity index is 2.43. The quantitative estimate of drug-likeness (QED) is 0.503. The lowest BCUT2D eigenvalue weighted by molar-refractivity contribution is -0.136. The van der Waals surface area contributed by atoms with E-state index in [2.05, 4.69) is 20.8 Å². The van der Waals surface area contributed by atoms with Crippen LogP contribution >= 0.6 is 0 Å². The maximum absolute atomic E-state index is 12.3. The van der Waals surface area contributed by atoms with Gasteiger partial charge >= 0.3 is 0 Å². The molecule has 0 aromatic carbocycles. The smallest absolute Gasteiger partial charge is 0.171 e. The molecule has 0 amide bonds. The van der Waals surface area contributed by atoms with E-state index >= 15 is 0 Å². The van der Waals surface area contributed by atoms with Gasteiger partial charge in [-0.05, 0) is 30.6 Å². The van der Waals surface area contributed by atoms with Crippen LogP contribution in [-0.4, -0.2) is 12.1 Å². The highest BCUT2D eigenvalue weighted by Crippen LogP contribution is 2.55. The number of ketones is 1. The lowest BCUT2D eigenvalue weighted by Gasteiger charge is -2.51. The molecule has 1 fully saturated rings. The predicted octanol–water partition coefficient (Wildman–Crippen LogP) is 2.92. The van der Waals surface area contributed by atoms with Gasteiger partial charge in [0.15, 0.2) is 12.1 Å². The van der Waals surface area contributed by atoms with Crippen molar-refractivity contribution in [2.45, 2.75) is 46.5 Å². The molecular formula is C14H20O2. The molecule has 2 atom stereocenters. The molecule has 16 heavy (non-hydrogen) atoms. The van der Waals surface area contributed by atoms with Crippen LogP contribution in [0.2, 0.25) is 0 Å². The van der Waals surface area contributed by atoms with Gasteiger partial charge in [0.25, 0.3) is 0 Å². The highest BCUT2D eigenvalue weighted by Gasteiger charge is 2.52. The number of allylic oxidation sites excluding steroid dienone is 2. The zero-order chi connectivity index (χ0) is 12.0. The van der Waals surface area contributed by atoms with E-state index in [1.807, 2.05) is 6.08 Å². The second-order valence-electron chi connectivity index (χ2n) is 6.15. The molecule has 0 bridgehead atoms. The van der Waals surface area contributed by atoms with Gasteiger partial charge < -0.3 is 0 Å². The number of aldehydes is 1. The summed E-state index contributed by atoms with van der Waals surface area (Å²) in [5.41, 5.74) is 0.316. The molecule has 2 rings (SSSR count). The van der Waals surface area contributed by atoms with E-state index in [4.69, 9.17) is 0 Å². The molecule has 0 spiro atoms. The third-order valence-electron chi connectivity index (χ3n) is 4.71. The Morgan fingerprint density at radius 1 is 1.31 bits per heavy atom. The van der Waals surface area contributed by atoms with Crippen molar-refractivity contribution in [2.75, 3.05) is 0 Å². The van der Waals surface area contributed by atoms with Gasteiger partial charge in [-0.15, -0.1) is 0 Å². The third-order valence-corrected chi connectivity index (χ3v) is 4.71. The minimum atomic E-state index is -0.299. The Labute approximate surface area is 97.1 Å². The van der Waals surface area contributed by atoms with E-state index in [1.54, 1.807) is 0 Å². The van der Waals surface area contributed by atoms with E-state index in [9.17, 15) is 9.59 Å². The molecule has 0 N–H and O–H groups in total. The van der Waals surface area contributed by atoms with Gasteiger partial charge in [-0.25, -0.2) is 0 Å². The summed E-state index contributed by atoms with van der Waals surface area (Å²) in [6.07, 6.45) is 6.66. The standard InChI is InChI=1S/C14H20O2/c1-13(2)7-4-8-14(3)11(13)6-5-10(9-15)12(14)16/h5,9,11H,4,6-8H2,1-3H3. The van der Waals surface area contributed by atoms with Crippen molar-refractivity contribution >= 4 is 12.1 Å². The van der Waals surface area contributed by atoms with Crippen LogP contribution in [0.1, 0.15) is 46.5 Å². The second-order valence-corrected chi connectivity index (χ2v) is 6.15. The van der Waals surface area contributed by atoms with Gasteiger partial charge in [0.2, 0.25) is 0 Å². The average molecular weight is 220 g/mol. The lowest BCUT2D eigenvalue weighted by atomic mass is 9.52. The first-order valence-electron chi connectivity index (χ1n) is 6.12. The Kier molecular flexibility index (Phi) is 2.56. The molecule has 0 saturated heterocycles. The van der Waals surface area contributed by atoms with Crippen LogP contribution in [0.25, 0.3) is 0 Å². The first-order valence-corrected chi connectivity index (χ1v) is 6.12. The number of carbonyl (C=O) groups is 2. The molecule has 1 saturated carbocycles. The molecule has 0 radical (unpaired) electrons. The van der Waals surface area contributed by atoms with Crippen molar-refractivity contribution in [1.29, 1.82) is 0 Å². The summed E-state index contributed by atoms with van der Waals surface area (Å²) >= 11 is 0. The number of Topliss-reactive ketones (excluding diaryl/α,β-unsaturated/α-hetero) is 1. The Morgan fingerprint density at radius 2 is 2.00 bits per heavy atom. The van der Waals surface area contributed by atoms with Crippen molar-refractivity contribution < 1.29 is 9.59 Å². The molecule has 2 unspecified atom stereocenters. The fourth-order valence-electron chi connectivity index (χ4n) is 3.74. The van der Waals surface area contributed by atoms with Crippen LogP contribution in [-0.2, 0) is 9.59 Å². The molecule has 0 aromatic heterocycles. The van der Waals surface area contributed by atoms with Crippen molar-refractivity contribution in [3.8, 4) is 0 Å². The molecule has 88 valence electrons. The minimum absolute atomic E-state index is 0.0755. The Bertz CT molecular complexity index is 365. The topological polar surface area (TPSA) is 34.1 Å². The summed E-state index contributed by atoms with van der Waals surface area (Å²) in [5.74, 6) is 0.469. The maximum atomic E-state index is 12.3. The van der Waals surface area contributed by atoms with Gasteiger partial charge in [-0.2, -0.15) is 0 Å². The van der Waals surface area contributed by atoms with E-state index in [0.29, 0.717) is 11.5 Å². The monoisotopic (exact) mass is 220 g/mol. The van der Waals surface area contributed by atoms with E-state index in [1.165, 1.54) is 6.42 Å². The van der Waals surface area contributed by atoms with Crippen molar-refractivity contribution in [3.05, 3.63) is 11.6 Å². The molecule has 0 aliphatic heterocycles. The van der Waals surface area contributed by atoms with Crippen molar-refractivity contribution in [3.63, 3.8) is 0 Å². The first-order chi connectivity index (χ1) is 7.42. The average Bonchev–Trinajstić information content (AvgIpc) is 2.20. The number of fused-ring (bicyclic) bond motifs is 1. The molecular weight excluding hydrogens is 200 g/mol. The molecule has 2 nitrogen and oxygen atoms in total. The van der Waals surface area contributed by atoms with Crippen LogP contribution in [0.5, 0.6) is 0 Å². The fourth-order valence-corrected chi connectivity index (χ4v) is 3.74. The second kappa shape index (κ2) is 3.54. The first kappa shape index (κ1) is 11.6. The number of hydrogen-bond acceptors (Lipinski definition) is 2. The number of carbonyl (C=O) groups excluding carboxylic acids is 2. The highest BCUT2D eigenvalue weighted by atomic mass is 16.1. The van der Waals surface area contributed by atoms with Crippen LogP contribution in [0.4, 0.5) is 0 Å². The van der Waals surface area contributed by atoms with Gasteiger partial charge in [0.1, 0.15) is 0 Å². The maximum Gasteiger partial charge on any atom is 0.171 e. The van der Waals surface area contributed by atoms with E-state index < -0.39 is 0 Å². The van der Waals surface area contributed by atoms with Gasteiger partial charge in [0, 0.05) is 5.41 Å². The SMILES string of the molecule is CC1(C)CCCC2(C)C(=O)C(C=O)=CCC12. The van der Waals surface area contributed by atoms with E-state index in [-0.39, 0.29) is 16.6 Å². The summed E-state index contributed by atoms with van der Waals surface area (Å²) in [7, 11) is 0. The molecule has 0 heterocycles. The van der Waals surface area contributed by atoms with Crippen LogP contribution in [0, 0.1) is 16.7 Å². The normalized spacial score (nSPS) is 37.6.